The molecule has 100 valence electrons. The van der Waals surface area contributed by atoms with Gasteiger partial charge in [-0.05, 0) is 24.7 Å². The number of ether oxygens (including phenoxy) is 1. The summed E-state index contributed by atoms with van der Waals surface area (Å²) < 4.78 is 5.17. The predicted molar refractivity (Wildman–Crippen MR) is 65.9 cm³/mol. The smallest absolute Gasteiger partial charge is 0.315 e. The molecule has 5 heteroatoms. The lowest BCUT2D eigenvalue weighted by atomic mass is 9.89. The molecule has 0 saturated carbocycles. The summed E-state index contributed by atoms with van der Waals surface area (Å²) >= 11 is 0. The molecule has 0 aromatic heterocycles. The maximum atomic E-state index is 11.5. The van der Waals surface area contributed by atoms with Crippen LogP contribution in [0.1, 0.15) is 33.1 Å². The molecule has 1 atom stereocenters. The first kappa shape index (κ1) is 14.3. The number of aliphatic hydroxyl groups is 1. The zero-order valence-electron chi connectivity index (χ0n) is 10.8. The van der Waals surface area contributed by atoms with E-state index in [1.54, 1.807) is 0 Å². The fourth-order valence-corrected chi connectivity index (χ4v) is 1.73. The highest BCUT2D eigenvalue weighted by Crippen LogP contribution is 2.20. The van der Waals surface area contributed by atoms with Crippen LogP contribution in [0.4, 0.5) is 4.79 Å². The quantitative estimate of drug-likeness (QED) is 0.607. The van der Waals surface area contributed by atoms with Crippen LogP contribution in [-0.2, 0) is 4.74 Å². The zero-order chi connectivity index (χ0) is 12.7. The van der Waals surface area contributed by atoms with Gasteiger partial charge in [-0.15, -0.1) is 0 Å². The van der Waals surface area contributed by atoms with Gasteiger partial charge in [0.25, 0.3) is 0 Å². The van der Waals surface area contributed by atoms with Crippen LogP contribution in [0.25, 0.3) is 0 Å². The van der Waals surface area contributed by atoms with E-state index in [4.69, 9.17) is 9.84 Å². The zero-order valence-corrected chi connectivity index (χ0v) is 10.8. The first-order chi connectivity index (χ1) is 8.03. The molecule has 1 rings (SSSR count). The molecule has 3 N–H and O–H groups in total. The molecule has 0 spiro atoms. The highest BCUT2D eigenvalue weighted by Gasteiger charge is 2.18. The highest BCUT2D eigenvalue weighted by molar-refractivity contribution is 5.74. The third kappa shape index (κ3) is 5.89. The molecule has 17 heavy (non-hydrogen) atoms. The van der Waals surface area contributed by atoms with Gasteiger partial charge in [-0.1, -0.05) is 13.8 Å². The summed E-state index contributed by atoms with van der Waals surface area (Å²) in [7, 11) is 0. The molecule has 0 radical (unpaired) electrons. The van der Waals surface area contributed by atoms with Gasteiger partial charge < -0.3 is 20.5 Å². The van der Waals surface area contributed by atoms with Crippen molar-refractivity contribution in [3.05, 3.63) is 0 Å². The van der Waals surface area contributed by atoms with Crippen molar-refractivity contribution >= 4 is 6.03 Å². The number of aliphatic hydroxyl groups excluding tert-OH is 1. The summed E-state index contributed by atoms with van der Waals surface area (Å²) in [4.78, 5) is 11.5. The SMILES string of the molecule is CC(C)(CO)CCCNC(=O)NC1CCOC1. The van der Waals surface area contributed by atoms with Gasteiger partial charge in [0.2, 0.25) is 0 Å². The van der Waals surface area contributed by atoms with Crippen LogP contribution in [0, 0.1) is 5.41 Å². The van der Waals surface area contributed by atoms with Crippen LogP contribution in [0.15, 0.2) is 0 Å². The molecule has 1 saturated heterocycles. The van der Waals surface area contributed by atoms with E-state index < -0.39 is 0 Å². The van der Waals surface area contributed by atoms with Gasteiger partial charge in [0, 0.05) is 19.8 Å². The number of amides is 2. The lowest BCUT2D eigenvalue weighted by Gasteiger charge is -2.21. The average molecular weight is 244 g/mol. The molecular weight excluding hydrogens is 220 g/mol. The molecule has 0 bridgehead atoms. The second kappa shape index (κ2) is 6.81. The van der Waals surface area contributed by atoms with Crippen LogP contribution in [-0.4, -0.2) is 43.5 Å². The highest BCUT2D eigenvalue weighted by atomic mass is 16.5. The summed E-state index contributed by atoms with van der Waals surface area (Å²) in [5.74, 6) is 0. The monoisotopic (exact) mass is 244 g/mol. The van der Waals surface area contributed by atoms with Crippen molar-refractivity contribution < 1.29 is 14.6 Å². The number of carbonyl (C=O) groups is 1. The second-order valence-corrected chi connectivity index (χ2v) is 5.39. The summed E-state index contributed by atoms with van der Waals surface area (Å²) in [5, 5.41) is 14.8. The maximum absolute atomic E-state index is 11.5. The summed E-state index contributed by atoms with van der Waals surface area (Å²) in [6.45, 7) is 6.20. The molecule has 1 aliphatic heterocycles. The van der Waals surface area contributed by atoms with E-state index in [0.717, 1.165) is 25.9 Å². The van der Waals surface area contributed by atoms with E-state index in [0.29, 0.717) is 13.2 Å². The van der Waals surface area contributed by atoms with Crippen molar-refractivity contribution in [3.8, 4) is 0 Å². The van der Waals surface area contributed by atoms with Crippen molar-refractivity contribution in [1.82, 2.24) is 10.6 Å². The fraction of sp³-hybridized carbons (Fsp3) is 0.917. The van der Waals surface area contributed by atoms with E-state index in [1.165, 1.54) is 0 Å². The fourth-order valence-electron chi connectivity index (χ4n) is 1.73. The summed E-state index contributed by atoms with van der Waals surface area (Å²) in [6.07, 6.45) is 2.67. The molecule has 0 aromatic rings. The van der Waals surface area contributed by atoms with E-state index in [1.807, 2.05) is 13.8 Å². The van der Waals surface area contributed by atoms with Gasteiger partial charge in [-0.25, -0.2) is 4.79 Å². The third-order valence-electron chi connectivity index (χ3n) is 3.01. The van der Waals surface area contributed by atoms with E-state index in [-0.39, 0.29) is 24.1 Å². The third-order valence-corrected chi connectivity index (χ3v) is 3.01. The van der Waals surface area contributed by atoms with Crippen LogP contribution >= 0.6 is 0 Å². The normalized spacial score (nSPS) is 20.3. The van der Waals surface area contributed by atoms with E-state index in [9.17, 15) is 4.79 Å². The number of hydrogen-bond acceptors (Lipinski definition) is 3. The molecule has 1 unspecified atom stereocenters. The Kier molecular flexibility index (Phi) is 5.71. The van der Waals surface area contributed by atoms with Crippen molar-refractivity contribution in [1.29, 1.82) is 0 Å². The van der Waals surface area contributed by atoms with Crippen LogP contribution in [0.5, 0.6) is 0 Å². The maximum Gasteiger partial charge on any atom is 0.315 e. The Morgan fingerprint density at radius 2 is 2.29 bits per heavy atom. The lowest BCUT2D eigenvalue weighted by molar-refractivity contribution is 0.148. The van der Waals surface area contributed by atoms with Gasteiger partial charge in [0.05, 0.1) is 12.6 Å². The molecular formula is C12H24N2O3. The van der Waals surface area contributed by atoms with Gasteiger partial charge in [-0.2, -0.15) is 0 Å². The van der Waals surface area contributed by atoms with Crippen molar-refractivity contribution in [2.45, 2.75) is 39.2 Å². The molecule has 0 aromatic carbocycles. The minimum absolute atomic E-state index is 0.0581. The Bertz CT molecular complexity index is 238. The second-order valence-electron chi connectivity index (χ2n) is 5.39. The number of nitrogens with one attached hydrogen (secondary N) is 2. The van der Waals surface area contributed by atoms with Gasteiger partial charge in [0.1, 0.15) is 0 Å². The Labute approximate surface area is 103 Å². The van der Waals surface area contributed by atoms with Crippen molar-refractivity contribution in [2.75, 3.05) is 26.4 Å². The molecule has 1 fully saturated rings. The van der Waals surface area contributed by atoms with Gasteiger partial charge in [-0.3, -0.25) is 0 Å². The summed E-state index contributed by atoms with van der Waals surface area (Å²) in [6, 6.07) is 0.0335. The van der Waals surface area contributed by atoms with E-state index in [2.05, 4.69) is 10.6 Å². The molecule has 5 nitrogen and oxygen atoms in total. The molecule has 2 amide bonds. The molecule has 1 heterocycles. The predicted octanol–water partition coefficient (Wildman–Crippen LogP) is 0.873. The number of rotatable bonds is 6. The van der Waals surface area contributed by atoms with Crippen LogP contribution < -0.4 is 10.6 Å². The Hall–Kier alpha value is -0.810. The first-order valence-electron chi connectivity index (χ1n) is 6.26. The standard InChI is InChI=1S/C12H24N2O3/c1-12(2,9-15)5-3-6-13-11(16)14-10-4-7-17-8-10/h10,15H,3-9H2,1-2H3,(H2,13,14,16). The minimum atomic E-state index is -0.123. The number of hydrogen-bond donors (Lipinski definition) is 3. The van der Waals surface area contributed by atoms with Crippen molar-refractivity contribution in [3.63, 3.8) is 0 Å². The minimum Gasteiger partial charge on any atom is -0.396 e. The average Bonchev–Trinajstić information content (AvgIpc) is 2.77. The number of carbonyl (C=O) groups excluding carboxylic acids is 1. The molecule has 1 aliphatic rings. The molecule has 0 aliphatic carbocycles. The first-order valence-corrected chi connectivity index (χ1v) is 6.26. The Morgan fingerprint density at radius 3 is 2.88 bits per heavy atom. The number of urea groups is 1. The lowest BCUT2D eigenvalue weighted by Crippen LogP contribution is -2.42. The van der Waals surface area contributed by atoms with Crippen molar-refractivity contribution in [2.24, 2.45) is 5.41 Å². The van der Waals surface area contributed by atoms with Gasteiger partial charge >= 0.3 is 6.03 Å². The Morgan fingerprint density at radius 1 is 1.53 bits per heavy atom. The van der Waals surface area contributed by atoms with Crippen LogP contribution in [0.3, 0.4) is 0 Å². The van der Waals surface area contributed by atoms with Gasteiger partial charge in [0.15, 0.2) is 0 Å². The van der Waals surface area contributed by atoms with E-state index >= 15 is 0 Å². The summed E-state index contributed by atoms with van der Waals surface area (Å²) in [5.41, 5.74) is -0.0581. The topological polar surface area (TPSA) is 70.6 Å². The largest absolute Gasteiger partial charge is 0.396 e. The Balaban J connectivity index is 2.04. The van der Waals surface area contributed by atoms with Crippen LogP contribution in [0.2, 0.25) is 0 Å².